The fourth-order valence-corrected chi connectivity index (χ4v) is 2.91. The van der Waals surface area contributed by atoms with Gasteiger partial charge < -0.3 is 10.2 Å². The first-order chi connectivity index (χ1) is 10.7. The average molecular weight is 321 g/mol. The summed E-state index contributed by atoms with van der Waals surface area (Å²) >= 11 is 5.91. The van der Waals surface area contributed by atoms with Crippen molar-refractivity contribution in [1.29, 1.82) is 0 Å². The van der Waals surface area contributed by atoms with Gasteiger partial charge in [-0.25, -0.2) is 0 Å². The molecule has 22 heavy (non-hydrogen) atoms. The molecule has 1 heterocycles. The smallest absolute Gasteiger partial charge is 0.243 e. The summed E-state index contributed by atoms with van der Waals surface area (Å²) in [4.78, 5) is 14.3. The van der Waals surface area contributed by atoms with Gasteiger partial charge in [-0.2, -0.15) is 0 Å². The highest BCUT2D eigenvalue weighted by atomic mass is 35.5. The van der Waals surface area contributed by atoms with Gasteiger partial charge in [-0.05, 0) is 62.7 Å². The second-order valence-corrected chi connectivity index (χ2v) is 6.23. The molecule has 1 saturated heterocycles. The zero-order chi connectivity index (χ0) is 15.6. The first-order valence-corrected chi connectivity index (χ1v) is 8.56. The van der Waals surface area contributed by atoms with Crippen molar-refractivity contribution in [3.05, 3.63) is 40.9 Å². The number of halogens is 1. The van der Waals surface area contributed by atoms with Gasteiger partial charge in [0.1, 0.15) is 0 Å². The molecule has 1 amide bonds. The minimum atomic E-state index is -0.0455. The Morgan fingerprint density at radius 3 is 2.73 bits per heavy atom. The van der Waals surface area contributed by atoms with Crippen LogP contribution in [-0.2, 0) is 4.79 Å². The third-order valence-corrected chi connectivity index (χ3v) is 4.16. The lowest BCUT2D eigenvalue weighted by atomic mass is 10.2. The van der Waals surface area contributed by atoms with E-state index in [0.29, 0.717) is 5.02 Å². The molecule has 1 aliphatic rings. The van der Waals surface area contributed by atoms with Crippen molar-refractivity contribution in [2.24, 2.45) is 0 Å². The Morgan fingerprint density at radius 2 is 2.00 bits per heavy atom. The van der Waals surface area contributed by atoms with Crippen molar-refractivity contribution in [1.82, 2.24) is 10.2 Å². The van der Waals surface area contributed by atoms with E-state index in [9.17, 15) is 4.79 Å². The second kappa shape index (κ2) is 9.65. The van der Waals surface area contributed by atoms with Crippen LogP contribution in [0.1, 0.15) is 37.7 Å². The van der Waals surface area contributed by atoms with Gasteiger partial charge >= 0.3 is 0 Å². The van der Waals surface area contributed by atoms with Crippen LogP contribution in [0.4, 0.5) is 0 Å². The molecular weight excluding hydrogens is 296 g/mol. The van der Waals surface area contributed by atoms with Gasteiger partial charge in [0.25, 0.3) is 0 Å². The average Bonchev–Trinajstić information content (AvgIpc) is 2.78. The molecule has 0 atom stereocenters. The van der Waals surface area contributed by atoms with Crippen molar-refractivity contribution < 1.29 is 4.79 Å². The third-order valence-electron chi connectivity index (χ3n) is 3.92. The van der Waals surface area contributed by atoms with E-state index in [4.69, 9.17) is 11.6 Å². The van der Waals surface area contributed by atoms with E-state index in [1.807, 2.05) is 24.3 Å². The molecular formula is C18H25ClN2O. The number of benzene rings is 1. The SMILES string of the molecule is O=C(/C=C/c1cccc(Cl)c1)NCCCN1CCCCCC1. The van der Waals surface area contributed by atoms with Crippen LogP contribution in [0.5, 0.6) is 0 Å². The predicted molar refractivity (Wildman–Crippen MR) is 93.0 cm³/mol. The van der Waals surface area contributed by atoms with Crippen molar-refractivity contribution in [3.8, 4) is 0 Å². The van der Waals surface area contributed by atoms with Crippen LogP contribution >= 0.6 is 11.6 Å². The molecule has 0 saturated carbocycles. The Kier molecular flexibility index (Phi) is 7.47. The Hall–Kier alpha value is -1.32. The summed E-state index contributed by atoms with van der Waals surface area (Å²) in [5, 5.41) is 3.62. The largest absolute Gasteiger partial charge is 0.353 e. The van der Waals surface area contributed by atoms with Crippen LogP contribution in [0.15, 0.2) is 30.3 Å². The lowest BCUT2D eigenvalue weighted by molar-refractivity contribution is -0.116. The van der Waals surface area contributed by atoms with Gasteiger partial charge in [0, 0.05) is 17.6 Å². The quantitative estimate of drug-likeness (QED) is 0.640. The monoisotopic (exact) mass is 320 g/mol. The number of likely N-dealkylation sites (tertiary alicyclic amines) is 1. The van der Waals surface area contributed by atoms with E-state index in [1.54, 1.807) is 12.2 Å². The van der Waals surface area contributed by atoms with Crippen molar-refractivity contribution in [3.63, 3.8) is 0 Å². The lowest BCUT2D eigenvalue weighted by Crippen LogP contribution is -2.29. The predicted octanol–water partition coefficient (Wildman–Crippen LogP) is 3.74. The number of hydrogen-bond acceptors (Lipinski definition) is 2. The van der Waals surface area contributed by atoms with E-state index >= 15 is 0 Å². The fraction of sp³-hybridized carbons (Fsp3) is 0.500. The van der Waals surface area contributed by atoms with Crippen molar-refractivity contribution >= 4 is 23.6 Å². The molecule has 1 aliphatic heterocycles. The Balaban J connectivity index is 1.63. The second-order valence-electron chi connectivity index (χ2n) is 5.79. The molecule has 1 fully saturated rings. The van der Waals surface area contributed by atoms with Gasteiger partial charge in [-0.3, -0.25) is 4.79 Å². The maximum Gasteiger partial charge on any atom is 0.243 e. The molecule has 120 valence electrons. The highest BCUT2D eigenvalue weighted by Gasteiger charge is 2.08. The number of rotatable bonds is 6. The summed E-state index contributed by atoms with van der Waals surface area (Å²) in [7, 11) is 0. The molecule has 0 bridgehead atoms. The minimum absolute atomic E-state index is 0.0455. The Morgan fingerprint density at radius 1 is 1.23 bits per heavy atom. The van der Waals surface area contributed by atoms with Gasteiger partial charge in [0.2, 0.25) is 5.91 Å². The summed E-state index contributed by atoms with van der Waals surface area (Å²) in [5.41, 5.74) is 0.937. The first-order valence-electron chi connectivity index (χ1n) is 8.18. The van der Waals surface area contributed by atoms with E-state index in [1.165, 1.54) is 38.8 Å². The Bertz CT molecular complexity index is 494. The lowest BCUT2D eigenvalue weighted by Gasteiger charge is -2.19. The molecule has 4 heteroatoms. The number of carbonyl (C=O) groups excluding carboxylic acids is 1. The van der Waals surface area contributed by atoms with Crippen LogP contribution < -0.4 is 5.32 Å². The molecule has 0 aliphatic carbocycles. The van der Waals surface area contributed by atoms with E-state index < -0.39 is 0 Å². The summed E-state index contributed by atoms with van der Waals surface area (Å²) in [6.45, 7) is 4.23. The summed E-state index contributed by atoms with van der Waals surface area (Å²) in [5.74, 6) is -0.0455. The van der Waals surface area contributed by atoms with E-state index in [0.717, 1.165) is 25.1 Å². The highest BCUT2D eigenvalue weighted by molar-refractivity contribution is 6.30. The normalized spacial score (nSPS) is 16.6. The summed E-state index contributed by atoms with van der Waals surface area (Å²) < 4.78 is 0. The minimum Gasteiger partial charge on any atom is -0.353 e. The van der Waals surface area contributed by atoms with Crippen LogP contribution in [0.25, 0.3) is 6.08 Å². The molecule has 1 aromatic carbocycles. The molecule has 0 radical (unpaired) electrons. The molecule has 1 N–H and O–H groups in total. The van der Waals surface area contributed by atoms with Crippen molar-refractivity contribution in [2.75, 3.05) is 26.2 Å². The van der Waals surface area contributed by atoms with Crippen LogP contribution in [-0.4, -0.2) is 37.0 Å². The molecule has 3 nitrogen and oxygen atoms in total. The highest BCUT2D eigenvalue weighted by Crippen LogP contribution is 2.11. The zero-order valence-corrected chi connectivity index (χ0v) is 13.8. The molecule has 0 unspecified atom stereocenters. The van der Waals surface area contributed by atoms with Gasteiger partial charge in [-0.15, -0.1) is 0 Å². The summed E-state index contributed by atoms with van der Waals surface area (Å²) in [6.07, 6.45) is 9.72. The molecule has 2 rings (SSSR count). The van der Waals surface area contributed by atoms with Crippen molar-refractivity contribution in [2.45, 2.75) is 32.1 Å². The third kappa shape index (κ3) is 6.63. The number of nitrogens with zero attached hydrogens (tertiary/aromatic N) is 1. The van der Waals surface area contributed by atoms with Gasteiger partial charge in [-0.1, -0.05) is 36.6 Å². The summed E-state index contributed by atoms with van der Waals surface area (Å²) in [6, 6.07) is 7.46. The zero-order valence-electron chi connectivity index (χ0n) is 13.1. The number of carbonyl (C=O) groups is 1. The van der Waals surface area contributed by atoms with Gasteiger partial charge in [0.05, 0.1) is 0 Å². The van der Waals surface area contributed by atoms with E-state index in [2.05, 4.69) is 10.2 Å². The maximum atomic E-state index is 11.8. The molecule has 0 aromatic heterocycles. The molecule has 1 aromatic rings. The molecule has 0 spiro atoms. The van der Waals surface area contributed by atoms with E-state index in [-0.39, 0.29) is 5.91 Å². The van der Waals surface area contributed by atoms with Crippen LogP contribution in [0, 0.1) is 0 Å². The Labute approximate surface area is 138 Å². The van der Waals surface area contributed by atoms with Gasteiger partial charge in [0.15, 0.2) is 0 Å². The fourth-order valence-electron chi connectivity index (χ4n) is 2.72. The maximum absolute atomic E-state index is 11.8. The first kappa shape index (κ1) is 17.0. The topological polar surface area (TPSA) is 32.3 Å². The number of nitrogens with one attached hydrogen (secondary N) is 1. The number of amides is 1. The van der Waals surface area contributed by atoms with Crippen LogP contribution in [0.3, 0.4) is 0 Å². The standard InChI is InChI=1S/C18H25ClN2O/c19-17-8-5-7-16(15-17)9-10-18(22)20-11-6-14-21-12-3-1-2-4-13-21/h5,7-10,15H,1-4,6,11-14H2,(H,20,22)/b10-9+. The van der Waals surface area contributed by atoms with Crippen LogP contribution in [0.2, 0.25) is 5.02 Å². The number of hydrogen-bond donors (Lipinski definition) is 1.